The Balaban J connectivity index is 1.72. The number of anilines is 3. The van der Waals surface area contributed by atoms with Crippen molar-refractivity contribution in [2.45, 2.75) is 96.2 Å². The van der Waals surface area contributed by atoms with Crippen LogP contribution in [-0.4, -0.2) is 44.8 Å². The highest BCUT2D eigenvalue weighted by Crippen LogP contribution is 2.26. The summed E-state index contributed by atoms with van der Waals surface area (Å²) in [6.07, 6.45) is 11.8. The second kappa shape index (κ2) is 10.1. The molecule has 2 aliphatic rings. The molecule has 0 unspecified atom stereocenters. The van der Waals surface area contributed by atoms with Gasteiger partial charge in [-0.25, -0.2) is 0 Å². The summed E-state index contributed by atoms with van der Waals surface area (Å²) in [4.78, 5) is 13.8. The zero-order chi connectivity index (χ0) is 19.1. The molecular weight excluding hydrogens is 340 g/mol. The smallest absolute Gasteiger partial charge is 0.229 e. The highest BCUT2D eigenvalue weighted by Gasteiger charge is 2.21. The maximum Gasteiger partial charge on any atom is 0.229 e. The van der Waals surface area contributed by atoms with Gasteiger partial charge in [0.05, 0.1) is 12.6 Å². The normalized spacial score (nSPS) is 25.0. The zero-order valence-corrected chi connectivity index (χ0v) is 16.9. The molecule has 4 N–H and O–H groups in total. The van der Waals surface area contributed by atoms with Gasteiger partial charge in [-0.05, 0) is 50.9 Å². The standard InChI is InChI=1S/C20H36N6O/c1-3-15(13-27)21-18-24-19(22-16-7-5-4-6-8-16)26-20(25-18)23-17-11-9-14(2)10-12-17/h14-17,27H,3-13H2,1-2H3,(H3,21,22,23,24,25,26)/t14?,15-,17?/m1/s1. The Bertz CT molecular complexity index is 566. The fraction of sp³-hybridized carbons (Fsp3) is 0.850. The van der Waals surface area contributed by atoms with Crippen LogP contribution >= 0.6 is 0 Å². The minimum Gasteiger partial charge on any atom is -0.394 e. The van der Waals surface area contributed by atoms with E-state index < -0.39 is 0 Å². The predicted molar refractivity (Wildman–Crippen MR) is 110 cm³/mol. The first kappa shape index (κ1) is 20.1. The Morgan fingerprint density at radius 1 is 0.852 bits per heavy atom. The SMILES string of the molecule is CC[C@H](CO)Nc1nc(NC2CCCCC2)nc(NC2CCC(C)CC2)n1. The summed E-state index contributed by atoms with van der Waals surface area (Å²) >= 11 is 0. The second-order valence-corrected chi connectivity index (χ2v) is 8.32. The maximum atomic E-state index is 9.51. The number of nitrogens with one attached hydrogen (secondary N) is 3. The van der Waals surface area contributed by atoms with Crippen LogP contribution in [0.1, 0.15) is 78.1 Å². The van der Waals surface area contributed by atoms with Crippen LogP contribution in [0.15, 0.2) is 0 Å². The van der Waals surface area contributed by atoms with Gasteiger partial charge in [0.2, 0.25) is 17.8 Å². The van der Waals surface area contributed by atoms with Crippen molar-refractivity contribution < 1.29 is 5.11 Å². The van der Waals surface area contributed by atoms with Crippen LogP contribution in [0, 0.1) is 5.92 Å². The molecule has 0 radical (unpaired) electrons. The van der Waals surface area contributed by atoms with E-state index in [0.29, 0.717) is 29.9 Å². The predicted octanol–water partition coefficient (Wildman–Crippen LogP) is 3.79. The van der Waals surface area contributed by atoms with Gasteiger partial charge in [-0.2, -0.15) is 15.0 Å². The van der Waals surface area contributed by atoms with Crippen molar-refractivity contribution in [2.24, 2.45) is 5.92 Å². The van der Waals surface area contributed by atoms with Crippen LogP contribution in [-0.2, 0) is 0 Å². The number of hydrogen-bond acceptors (Lipinski definition) is 7. The first-order chi connectivity index (χ1) is 13.2. The molecule has 0 amide bonds. The van der Waals surface area contributed by atoms with E-state index in [1.165, 1.54) is 44.9 Å². The van der Waals surface area contributed by atoms with Gasteiger partial charge in [-0.1, -0.05) is 33.1 Å². The van der Waals surface area contributed by atoms with Gasteiger partial charge in [0.1, 0.15) is 0 Å². The van der Waals surface area contributed by atoms with Crippen LogP contribution in [0.3, 0.4) is 0 Å². The van der Waals surface area contributed by atoms with Crippen molar-refractivity contribution in [3.8, 4) is 0 Å². The number of rotatable bonds is 8. The quantitative estimate of drug-likeness (QED) is 0.548. The van der Waals surface area contributed by atoms with Crippen molar-refractivity contribution in [3.05, 3.63) is 0 Å². The Kier molecular flexibility index (Phi) is 7.50. The van der Waals surface area contributed by atoms with Crippen molar-refractivity contribution in [1.29, 1.82) is 0 Å². The van der Waals surface area contributed by atoms with Crippen LogP contribution in [0.4, 0.5) is 17.8 Å². The summed E-state index contributed by atoms with van der Waals surface area (Å²) in [5.74, 6) is 2.63. The van der Waals surface area contributed by atoms with Crippen molar-refractivity contribution >= 4 is 17.8 Å². The lowest BCUT2D eigenvalue weighted by molar-refractivity contribution is 0.271. The summed E-state index contributed by atoms with van der Waals surface area (Å²) in [6.45, 7) is 4.43. The van der Waals surface area contributed by atoms with Gasteiger partial charge in [0.25, 0.3) is 0 Å². The first-order valence-electron chi connectivity index (χ1n) is 10.8. The topological polar surface area (TPSA) is 95.0 Å². The van der Waals surface area contributed by atoms with E-state index >= 15 is 0 Å². The van der Waals surface area contributed by atoms with Crippen LogP contribution in [0.5, 0.6) is 0 Å². The number of hydrogen-bond donors (Lipinski definition) is 4. The van der Waals surface area contributed by atoms with Gasteiger partial charge in [0, 0.05) is 12.1 Å². The molecule has 0 saturated heterocycles. The molecule has 0 spiro atoms. The number of nitrogens with zero attached hydrogens (tertiary/aromatic N) is 3. The Hall–Kier alpha value is -1.63. The minimum absolute atomic E-state index is 0.0432. The van der Waals surface area contributed by atoms with E-state index in [1.54, 1.807) is 0 Å². The van der Waals surface area contributed by atoms with E-state index in [1.807, 2.05) is 6.92 Å². The van der Waals surface area contributed by atoms with Crippen molar-refractivity contribution in [3.63, 3.8) is 0 Å². The number of aromatic nitrogens is 3. The average molecular weight is 377 g/mol. The van der Waals surface area contributed by atoms with Crippen LogP contribution in [0.2, 0.25) is 0 Å². The molecule has 7 nitrogen and oxygen atoms in total. The molecule has 3 rings (SSSR count). The monoisotopic (exact) mass is 376 g/mol. The first-order valence-corrected chi connectivity index (χ1v) is 10.8. The molecule has 1 aromatic heterocycles. The molecule has 2 saturated carbocycles. The van der Waals surface area contributed by atoms with Gasteiger partial charge in [0.15, 0.2) is 0 Å². The number of aliphatic hydroxyl groups is 1. The Labute approximate surface area is 163 Å². The largest absolute Gasteiger partial charge is 0.394 e. The van der Waals surface area contributed by atoms with Crippen molar-refractivity contribution in [1.82, 2.24) is 15.0 Å². The van der Waals surface area contributed by atoms with E-state index in [0.717, 1.165) is 25.2 Å². The molecule has 0 bridgehead atoms. The van der Waals surface area contributed by atoms with Gasteiger partial charge in [-0.3, -0.25) is 0 Å². The molecule has 1 heterocycles. The third-order valence-corrected chi connectivity index (χ3v) is 5.97. The van der Waals surface area contributed by atoms with E-state index in [9.17, 15) is 5.11 Å². The van der Waals surface area contributed by atoms with E-state index in [-0.39, 0.29) is 12.6 Å². The lowest BCUT2D eigenvalue weighted by Gasteiger charge is -2.27. The Morgan fingerprint density at radius 3 is 1.96 bits per heavy atom. The zero-order valence-electron chi connectivity index (χ0n) is 16.9. The minimum atomic E-state index is -0.0432. The number of aliphatic hydroxyl groups excluding tert-OH is 1. The molecule has 2 aliphatic carbocycles. The van der Waals surface area contributed by atoms with E-state index in [4.69, 9.17) is 0 Å². The molecule has 27 heavy (non-hydrogen) atoms. The summed E-state index contributed by atoms with van der Waals surface area (Å²) < 4.78 is 0. The fourth-order valence-corrected chi connectivity index (χ4v) is 4.05. The third kappa shape index (κ3) is 6.19. The highest BCUT2D eigenvalue weighted by molar-refractivity contribution is 5.43. The van der Waals surface area contributed by atoms with Gasteiger partial charge >= 0.3 is 0 Å². The molecule has 1 aromatic rings. The Morgan fingerprint density at radius 2 is 1.41 bits per heavy atom. The van der Waals surface area contributed by atoms with E-state index in [2.05, 4.69) is 37.8 Å². The summed E-state index contributed by atoms with van der Waals surface area (Å²) in [5, 5.41) is 19.8. The fourth-order valence-electron chi connectivity index (χ4n) is 4.05. The summed E-state index contributed by atoms with van der Waals surface area (Å²) in [7, 11) is 0. The van der Waals surface area contributed by atoms with Gasteiger partial charge < -0.3 is 21.1 Å². The lowest BCUT2D eigenvalue weighted by atomic mass is 9.87. The summed E-state index contributed by atoms with van der Waals surface area (Å²) in [5.41, 5.74) is 0. The molecule has 152 valence electrons. The maximum absolute atomic E-state index is 9.51. The van der Waals surface area contributed by atoms with Crippen LogP contribution in [0.25, 0.3) is 0 Å². The lowest BCUT2D eigenvalue weighted by Crippen LogP contribution is -2.29. The second-order valence-electron chi connectivity index (χ2n) is 8.32. The molecule has 0 aromatic carbocycles. The molecule has 7 heteroatoms. The van der Waals surface area contributed by atoms with Crippen molar-refractivity contribution in [2.75, 3.05) is 22.6 Å². The average Bonchev–Trinajstić information content (AvgIpc) is 2.68. The highest BCUT2D eigenvalue weighted by atomic mass is 16.3. The summed E-state index contributed by atoms with van der Waals surface area (Å²) in [6, 6.07) is 0.828. The van der Waals surface area contributed by atoms with Gasteiger partial charge in [-0.15, -0.1) is 0 Å². The third-order valence-electron chi connectivity index (χ3n) is 5.97. The molecule has 0 aliphatic heterocycles. The van der Waals surface area contributed by atoms with Crippen LogP contribution < -0.4 is 16.0 Å². The molecular formula is C20H36N6O. The molecule has 1 atom stereocenters. The molecule has 2 fully saturated rings.